The van der Waals surface area contributed by atoms with Crippen molar-refractivity contribution >= 4 is 33.3 Å². The Morgan fingerprint density at radius 1 is 1.25 bits per heavy atom. The quantitative estimate of drug-likeness (QED) is 0.729. The second-order valence-corrected chi connectivity index (χ2v) is 7.90. The van der Waals surface area contributed by atoms with Crippen molar-refractivity contribution in [2.45, 2.75) is 27.3 Å². The first-order valence-electron chi connectivity index (χ1n) is 9.33. The molecule has 7 nitrogen and oxygen atoms in total. The number of nitrogens with zero attached hydrogens (tertiary/aromatic N) is 4. The highest BCUT2D eigenvalue weighted by atomic mass is 32.1. The highest BCUT2D eigenvalue weighted by Crippen LogP contribution is 2.31. The van der Waals surface area contributed by atoms with Crippen LogP contribution in [0.2, 0.25) is 0 Å². The van der Waals surface area contributed by atoms with Crippen molar-refractivity contribution in [2.24, 2.45) is 0 Å². The molecule has 0 unspecified atom stereocenters. The molecular formula is C20H23N5O2S. The van der Waals surface area contributed by atoms with E-state index in [0.29, 0.717) is 11.4 Å². The number of hydrogen-bond acceptors (Lipinski definition) is 7. The van der Waals surface area contributed by atoms with E-state index in [2.05, 4.69) is 25.2 Å². The summed E-state index contributed by atoms with van der Waals surface area (Å²) in [4.78, 5) is 29.9. The Hall–Kier alpha value is -2.58. The molecule has 3 aromatic rings. The van der Waals surface area contributed by atoms with E-state index >= 15 is 0 Å². The van der Waals surface area contributed by atoms with Crippen molar-refractivity contribution in [3.05, 3.63) is 45.9 Å². The third-order valence-electron chi connectivity index (χ3n) is 4.89. The molecule has 0 spiro atoms. The van der Waals surface area contributed by atoms with Gasteiger partial charge in [-0.1, -0.05) is 0 Å². The number of aromatic nitrogens is 3. The van der Waals surface area contributed by atoms with Crippen molar-refractivity contribution in [3.63, 3.8) is 0 Å². The van der Waals surface area contributed by atoms with Crippen LogP contribution in [0.1, 0.15) is 32.3 Å². The zero-order valence-corrected chi connectivity index (χ0v) is 17.1. The third kappa shape index (κ3) is 3.70. The smallest absolute Gasteiger partial charge is 0.261 e. The Morgan fingerprint density at radius 2 is 2.04 bits per heavy atom. The molecule has 0 bridgehead atoms. The normalized spacial score (nSPS) is 14.5. The van der Waals surface area contributed by atoms with Gasteiger partial charge in [-0.15, -0.1) is 11.3 Å². The highest BCUT2D eigenvalue weighted by molar-refractivity contribution is 7.20. The van der Waals surface area contributed by atoms with Crippen LogP contribution in [0.25, 0.3) is 10.2 Å². The number of ether oxygens (including phenoxy) is 1. The van der Waals surface area contributed by atoms with Gasteiger partial charge in [0.1, 0.15) is 16.5 Å². The summed E-state index contributed by atoms with van der Waals surface area (Å²) >= 11 is 1.42. The van der Waals surface area contributed by atoms with Crippen LogP contribution >= 0.6 is 11.3 Å². The molecule has 146 valence electrons. The molecule has 1 amide bonds. The van der Waals surface area contributed by atoms with Crippen LogP contribution in [0, 0.1) is 20.8 Å². The second kappa shape index (κ2) is 7.81. The fraction of sp³-hybridized carbons (Fsp3) is 0.400. The SMILES string of the molecule is Cc1nc(C)c2c(C)c(C(=O)NCc3ccnc(N4CCOCC4)c3)sc2n1. The molecule has 1 N–H and O–H groups in total. The van der Waals surface area contributed by atoms with E-state index in [1.807, 2.05) is 32.9 Å². The summed E-state index contributed by atoms with van der Waals surface area (Å²) in [6, 6.07) is 3.96. The molecule has 0 atom stereocenters. The number of thiophene rings is 1. The van der Waals surface area contributed by atoms with E-state index in [4.69, 9.17) is 4.74 Å². The van der Waals surface area contributed by atoms with Gasteiger partial charge in [-0.3, -0.25) is 4.79 Å². The lowest BCUT2D eigenvalue weighted by molar-refractivity contribution is 0.0954. The van der Waals surface area contributed by atoms with Crippen LogP contribution < -0.4 is 10.2 Å². The topological polar surface area (TPSA) is 80.2 Å². The fourth-order valence-corrected chi connectivity index (χ4v) is 4.68. The van der Waals surface area contributed by atoms with Crippen LogP contribution in [-0.2, 0) is 11.3 Å². The number of morpholine rings is 1. The molecule has 0 aliphatic carbocycles. The zero-order valence-electron chi connectivity index (χ0n) is 16.3. The Balaban J connectivity index is 1.50. The van der Waals surface area contributed by atoms with Gasteiger partial charge in [0.05, 0.1) is 18.1 Å². The van der Waals surface area contributed by atoms with E-state index in [1.165, 1.54) is 11.3 Å². The number of pyridine rings is 1. The Kier molecular flexibility index (Phi) is 5.23. The third-order valence-corrected chi connectivity index (χ3v) is 6.07. The van der Waals surface area contributed by atoms with E-state index < -0.39 is 0 Å². The van der Waals surface area contributed by atoms with Crippen LogP contribution in [0.3, 0.4) is 0 Å². The lowest BCUT2D eigenvalue weighted by Crippen LogP contribution is -2.36. The van der Waals surface area contributed by atoms with Gasteiger partial charge in [-0.25, -0.2) is 15.0 Å². The maximum Gasteiger partial charge on any atom is 0.261 e. The minimum Gasteiger partial charge on any atom is -0.378 e. The zero-order chi connectivity index (χ0) is 19.7. The number of carbonyl (C=O) groups excluding carboxylic acids is 1. The monoisotopic (exact) mass is 397 g/mol. The summed E-state index contributed by atoms with van der Waals surface area (Å²) in [5.41, 5.74) is 2.88. The Morgan fingerprint density at radius 3 is 2.82 bits per heavy atom. The van der Waals surface area contributed by atoms with Crippen molar-refractivity contribution in [2.75, 3.05) is 31.2 Å². The number of rotatable bonds is 4. The molecule has 1 aliphatic rings. The Bertz CT molecular complexity index is 1030. The summed E-state index contributed by atoms with van der Waals surface area (Å²) in [6.45, 7) is 9.36. The molecule has 1 aliphatic heterocycles. The molecule has 28 heavy (non-hydrogen) atoms. The summed E-state index contributed by atoms with van der Waals surface area (Å²) in [5, 5.41) is 4.02. The van der Waals surface area contributed by atoms with E-state index in [0.717, 1.165) is 65.0 Å². The molecule has 4 heterocycles. The van der Waals surface area contributed by atoms with Gasteiger partial charge in [0.15, 0.2) is 0 Å². The number of aryl methyl sites for hydroxylation is 3. The Labute approximate surface area is 167 Å². The fourth-order valence-electron chi connectivity index (χ4n) is 3.49. The number of nitrogens with one attached hydrogen (secondary N) is 1. The van der Waals surface area contributed by atoms with Gasteiger partial charge < -0.3 is 15.0 Å². The van der Waals surface area contributed by atoms with Crippen molar-refractivity contribution < 1.29 is 9.53 Å². The van der Waals surface area contributed by atoms with E-state index in [1.54, 1.807) is 6.20 Å². The molecule has 1 saturated heterocycles. The highest BCUT2D eigenvalue weighted by Gasteiger charge is 2.19. The van der Waals surface area contributed by atoms with Gasteiger partial charge in [0, 0.05) is 36.9 Å². The van der Waals surface area contributed by atoms with Gasteiger partial charge in [0.2, 0.25) is 0 Å². The first-order chi connectivity index (χ1) is 13.5. The lowest BCUT2D eigenvalue weighted by Gasteiger charge is -2.28. The van der Waals surface area contributed by atoms with Gasteiger partial charge >= 0.3 is 0 Å². The van der Waals surface area contributed by atoms with Crippen molar-refractivity contribution in [1.29, 1.82) is 0 Å². The predicted molar refractivity (Wildman–Crippen MR) is 110 cm³/mol. The van der Waals surface area contributed by atoms with Crippen LogP contribution in [0.15, 0.2) is 18.3 Å². The largest absolute Gasteiger partial charge is 0.378 e. The summed E-state index contributed by atoms with van der Waals surface area (Å²) in [5.74, 6) is 1.57. The van der Waals surface area contributed by atoms with Crippen LogP contribution in [0.4, 0.5) is 5.82 Å². The number of anilines is 1. The van der Waals surface area contributed by atoms with Gasteiger partial charge in [-0.2, -0.15) is 0 Å². The van der Waals surface area contributed by atoms with Crippen molar-refractivity contribution in [1.82, 2.24) is 20.3 Å². The molecule has 0 aromatic carbocycles. The molecule has 0 saturated carbocycles. The standard InChI is InChI=1S/C20H23N5O2S/c1-12-17-13(2)23-14(3)24-20(17)28-18(12)19(26)22-11-15-4-5-21-16(10-15)25-6-8-27-9-7-25/h4-5,10H,6-9,11H2,1-3H3,(H,22,26). The molecular weight excluding hydrogens is 374 g/mol. The lowest BCUT2D eigenvalue weighted by atomic mass is 10.1. The number of fused-ring (bicyclic) bond motifs is 1. The van der Waals surface area contributed by atoms with Crippen LogP contribution in [-0.4, -0.2) is 47.2 Å². The second-order valence-electron chi connectivity index (χ2n) is 6.90. The van der Waals surface area contributed by atoms with Gasteiger partial charge in [-0.05, 0) is 44.0 Å². The summed E-state index contributed by atoms with van der Waals surface area (Å²) < 4.78 is 5.40. The minimum atomic E-state index is -0.0812. The van der Waals surface area contributed by atoms with Crippen molar-refractivity contribution in [3.8, 4) is 0 Å². The molecule has 0 radical (unpaired) electrons. The number of hydrogen-bond donors (Lipinski definition) is 1. The van der Waals surface area contributed by atoms with Crippen LogP contribution in [0.5, 0.6) is 0 Å². The average molecular weight is 398 g/mol. The molecule has 1 fully saturated rings. The number of carbonyl (C=O) groups is 1. The first kappa shape index (κ1) is 18.8. The average Bonchev–Trinajstić information content (AvgIpc) is 3.03. The molecule has 4 rings (SSSR count). The summed E-state index contributed by atoms with van der Waals surface area (Å²) in [7, 11) is 0. The van der Waals surface area contributed by atoms with E-state index in [-0.39, 0.29) is 5.91 Å². The molecule has 3 aromatic heterocycles. The predicted octanol–water partition coefficient (Wildman–Crippen LogP) is 2.78. The van der Waals surface area contributed by atoms with E-state index in [9.17, 15) is 4.79 Å². The maximum atomic E-state index is 12.8. The maximum absolute atomic E-state index is 12.8. The minimum absolute atomic E-state index is 0.0812. The summed E-state index contributed by atoms with van der Waals surface area (Å²) in [6.07, 6.45) is 1.79. The first-order valence-corrected chi connectivity index (χ1v) is 10.1. The molecule has 8 heteroatoms. The van der Waals surface area contributed by atoms with Gasteiger partial charge in [0.25, 0.3) is 5.91 Å². The number of amides is 1.